The molecule has 0 atom stereocenters. The van der Waals surface area contributed by atoms with Crippen LogP contribution in [0.4, 0.5) is 13.2 Å². The molecule has 0 aliphatic carbocycles. The summed E-state index contributed by atoms with van der Waals surface area (Å²) in [7, 11) is 3.01. The maximum absolute atomic E-state index is 13.0. The summed E-state index contributed by atoms with van der Waals surface area (Å²) in [5, 5.41) is 9.47. The van der Waals surface area contributed by atoms with E-state index in [0.29, 0.717) is 19.1 Å². The number of rotatable bonds is 6. The number of benzene rings is 1. The number of ether oxygens (including phenoxy) is 1. The minimum atomic E-state index is -4.50. The molecule has 0 spiro atoms. The van der Waals surface area contributed by atoms with E-state index in [1.165, 1.54) is 13.2 Å². The Kier molecular flexibility index (Phi) is 6.70. The van der Waals surface area contributed by atoms with Crippen LogP contribution in [0.25, 0.3) is 0 Å². The number of alkyl halides is 3. The summed E-state index contributed by atoms with van der Waals surface area (Å²) in [6.45, 7) is 4.81. The Bertz CT molecular complexity index is 799. The predicted octanol–water partition coefficient (Wildman–Crippen LogP) is 3.01. The molecule has 0 radical (unpaired) electrons. The van der Waals surface area contributed by atoms with E-state index in [9.17, 15) is 13.2 Å². The van der Waals surface area contributed by atoms with Gasteiger partial charge in [0.2, 0.25) is 0 Å². The van der Waals surface area contributed by atoms with Gasteiger partial charge in [0.05, 0.1) is 6.61 Å². The van der Waals surface area contributed by atoms with E-state index in [1.807, 2.05) is 32.0 Å². The Morgan fingerprint density at radius 2 is 1.89 bits per heavy atom. The third kappa shape index (κ3) is 5.63. The maximum atomic E-state index is 13.0. The van der Waals surface area contributed by atoms with Crippen LogP contribution in [0, 0.1) is 6.92 Å². The zero-order chi connectivity index (χ0) is 20.0. The van der Waals surface area contributed by atoms with E-state index < -0.39 is 11.9 Å². The van der Waals surface area contributed by atoms with E-state index in [2.05, 4.69) is 20.7 Å². The van der Waals surface area contributed by atoms with Crippen molar-refractivity contribution in [2.45, 2.75) is 33.1 Å². The summed E-state index contributed by atoms with van der Waals surface area (Å²) < 4.78 is 45.9. The van der Waals surface area contributed by atoms with Crippen LogP contribution in [0.5, 0.6) is 5.75 Å². The summed E-state index contributed by atoms with van der Waals surface area (Å²) in [4.78, 5) is 4.06. The van der Waals surface area contributed by atoms with E-state index in [1.54, 1.807) is 7.05 Å². The number of aryl methyl sites for hydroxylation is 2. The summed E-state index contributed by atoms with van der Waals surface area (Å²) in [6, 6.07) is 5.87. The molecule has 148 valence electrons. The van der Waals surface area contributed by atoms with E-state index in [4.69, 9.17) is 4.74 Å². The molecule has 6 nitrogen and oxygen atoms in total. The lowest BCUT2D eigenvalue weighted by molar-refractivity contribution is -0.142. The minimum absolute atomic E-state index is 0.0471. The van der Waals surface area contributed by atoms with Gasteiger partial charge in [-0.1, -0.05) is 12.1 Å². The molecule has 27 heavy (non-hydrogen) atoms. The van der Waals surface area contributed by atoms with Gasteiger partial charge in [0.15, 0.2) is 11.7 Å². The lowest BCUT2D eigenvalue weighted by Gasteiger charge is -2.15. The molecular formula is C18H24F3N5O. The molecule has 1 aromatic carbocycles. The third-order valence-corrected chi connectivity index (χ3v) is 3.81. The molecule has 0 bridgehead atoms. The summed E-state index contributed by atoms with van der Waals surface area (Å²) >= 11 is 0. The maximum Gasteiger partial charge on any atom is 0.435 e. The fourth-order valence-electron chi connectivity index (χ4n) is 2.58. The van der Waals surface area contributed by atoms with Crippen LogP contribution >= 0.6 is 0 Å². The fourth-order valence-corrected chi connectivity index (χ4v) is 2.58. The first-order valence-corrected chi connectivity index (χ1v) is 8.51. The molecule has 0 aliphatic heterocycles. The SMILES string of the molecule is CCOc1cc(C)ccc1CNC(=NC)NCc1cn(C)nc1C(F)(F)F. The standard InChI is InChI=1S/C18H24F3N5O/c1-5-27-15-8-12(2)6-7-13(15)9-23-17(22-3)24-10-14-11-26(4)25-16(14)18(19,20)21/h6-8,11H,5,9-10H2,1-4H3,(H2,22,23,24). The number of nitrogens with one attached hydrogen (secondary N) is 2. The number of aromatic nitrogens is 2. The smallest absolute Gasteiger partial charge is 0.435 e. The molecule has 0 amide bonds. The van der Waals surface area contributed by atoms with E-state index in [-0.39, 0.29) is 12.1 Å². The highest BCUT2D eigenvalue weighted by Crippen LogP contribution is 2.30. The number of hydrogen-bond donors (Lipinski definition) is 2. The second-order valence-corrected chi connectivity index (χ2v) is 6.00. The number of aliphatic imine (C=N–C) groups is 1. The number of guanidine groups is 1. The molecule has 9 heteroatoms. The summed E-state index contributed by atoms with van der Waals surface area (Å²) in [6.07, 6.45) is -3.15. The summed E-state index contributed by atoms with van der Waals surface area (Å²) in [5.41, 5.74) is 1.17. The molecular weight excluding hydrogens is 359 g/mol. The Morgan fingerprint density at radius 3 is 2.48 bits per heavy atom. The van der Waals surface area contributed by atoms with E-state index in [0.717, 1.165) is 21.6 Å². The van der Waals surface area contributed by atoms with Crippen LogP contribution in [-0.2, 0) is 26.3 Å². The van der Waals surface area contributed by atoms with Crippen molar-refractivity contribution < 1.29 is 17.9 Å². The first-order valence-electron chi connectivity index (χ1n) is 8.51. The van der Waals surface area contributed by atoms with Gasteiger partial charge in [-0.05, 0) is 25.5 Å². The van der Waals surface area contributed by atoms with Crippen molar-refractivity contribution in [3.63, 3.8) is 0 Å². The molecule has 0 fully saturated rings. The predicted molar refractivity (Wildman–Crippen MR) is 97.6 cm³/mol. The van der Waals surface area contributed by atoms with Crippen molar-refractivity contribution in [3.05, 3.63) is 46.8 Å². The highest BCUT2D eigenvalue weighted by Gasteiger charge is 2.36. The zero-order valence-corrected chi connectivity index (χ0v) is 15.8. The lowest BCUT2D eigenvalue weighted by atomic mass is 10.1. The molecule has 2 aromatic rings. The van der Waals surface area contributed by atoms with Crippen LogP contribution in [0.3, 0.4) is 0 Å². The van der Waals surface area contributed by atoms with Crippen molar-refractivity contribution in [2.24, 2.45) is 12.0 Å². The molecule has 1 aromatic heterocycles. The average molecular weight is 383 g/mol. The van der Waals surface area contributed by atoms with Crippen LogP contribution in [0.1, 0.15) is 29.3 Å². The van der Waals surface area contributed by atoms with Crippen molar-refractivity contribution in [1.29, 1.82) is 0 Å². The van der Waals surface area contributed by atoms with Crippen molar-refractivity contribution in [3.8, 4) is 5.75 Å². The van der Waals surface area contributed by atoms with E-state index >= 15 is 0 Å². The van der Waals surface area contributed by atoms with Gasteiger partial charge in [0, 0.05) is 44.5 Å². The first kappa shape index (κ1) is 20.6. The number of hydrogen-bond acceptors (Lipinski definition) is 3. The zero-order valence-electron chi connectivity index (χ0n) is 15.8. The topological polar surface area (TPSA) is 63.5 Å². The molecule has 1 heterocycles. The van der Waals surface area contributed by atoms with Crippen molar-refractivity contribution in [2.75, 3.05) is 13.7 Å². The van der Waals surface area contributed by atoms with Gasteiger partial charge in [0.25, 0.3) is 0 Å². The molecule has 0 saturated carbocycles. The van der Waals surface area contributed by atoms with Gasteiger partial charge in [0.1, 0.15) is 5.75 Å². The van der Waals surface area contributed by atoms with Crippen LogP contribution in [0.2, 0.25) is 0 Å². The lowest BCUT2D eigenvalue weighted by Crippen LogP contribution is -2.36. The molecule has 2 N–H and O–H groups in total. The normalized spacial score (nSPS) is 12.2. The minimum Gasteiger partial charge on any atom is -0.494 e. The van der Waals surface area contributed by atoms with Gasteiger partial charge in [-0.3, -0.25) is 9.67 Å². The number of nitrogens with zero attached hydrogens (tertiary/aromatic N) is 3. The Morgan fingerprint density at radius 1 is 1.22 bits per heavy atom. The largest absolute Gasteiger partial charge is 0.494 e. The van der Waals surface area contributed by atoms with Gasteiger partial charge in [-0.2, -0.15) is 18.3 Å². The first-order chi connectivity index (χ1) is 12.7. The number of halogens is 3. The summed E-state index contributed by atoms with van der Waals surface area (Å²) in [5.74, 6) is 1.15. The monoisotopic (exact) mass is 383 g/mol. The average Bonchev–Trinajstić information content (AvgIpc) is 2.98. The third-order valence-electron chi connectivity index (χ3n) is 3.81. The molecule has 0 aliphatic rings. The second-order valence-electron chi connectivity index (χ2n) is 6.00. The molecule has 2 rings (SSSR count). The van der Waals surface area contributed by atoms with Crippen LogP contribution in [0.15, 0.2) is 29.4 Å². The van der Waals surface area contributed by atoms with Gasteiger partial charge >= 0.3 is 6.18 Å². The highest BCUT2D eigenvalue weighted by molar-refractivity contribution is 5.79. The van der Waals surface area contributed by atoms with Gasteiger partial charge in [-0.15, -0.1) is 0 Å². The van der Waals surface area contributed by atoms with Crippen molar-refractivity contribution in [1.82, 2.24) is 20.4 Å². The molecule has 0 saturated heterocycles. The Balaban J connectivity index is 2.02. The van der Waals surface area contributed by atoms with Crippen LogP contribution in [-0.4, -0.2) is 29.4 Å². The quantitative estimate of drug-likeness (QED) is 0.595. The Hall–Kier alpha value is -2.71. The van der Waals surface area contributed by atoms with Gasteiger partial charge < -0.3 is 15.4 Å². The van der Waals surface area contributed by atoms with Gasteiger partial charge in [-0.25, -0.2) is 0 Å². The fraction of sp³-hybridized carbons (Fsp3) is 0.444. The second kappa shape index (κ2) is 8.79. The van der Waals surface area contributed by atoms with Crippen LogP contribution < -0.4 is 15.4 Å². The Labute approximate surface area is 156 Å². The highest BCUT2D eigenvalue weighted by atomic mass is 19.4. The van der Waals surface area contributed by atoms with Crippen molar-refractivity contribution >= 4 is 5.96 Å². The molecule has 0 unspecified atom stereocenters.